The SMILES string of the molecule is CCc1nc(-c2cccnc2SCC(=O)NCc2ccccc2C(F)(F)F)no1. The maximum atomic E-state index is 13.0. The van der Waals surface area contributed by atoms with Crippen molar-refractivity contribution in [1.29, 1.82) is 0 Å². The molecule has 0 spiro atoms. The largest absolute Gasteiger partial charge is 0.416 e. The molecule has 0 saturated heterocycles. The summed E-state index contributed by atoms with van der Waals surface area (Å²) in [6, 6.07) is 8.63. The number of aromatic nitrogens is 3. The first-order valence-corrected chi connectivity index (χ1v) is 9.69. The Morgan fingerprint density at radius 2 is 2.00 bits per heavy atom. The molecule has 0 saturated carbocycles. The molecule has 0 aliphatic rings. The number of hydrogen-bond acceptors (Lipinski definition) is 6. The van der Waals surface area contributed by atoms with Gasteiger partial charge in [0.15, 0.2) is 0 Å². The van der Waals surface area contributed by atoms with E-state index in [1.807, 2.05) is 6.92 Å². The number of thioether (sulfide) groups is 1. The summed E-state index contributed by atoms with van der Waals surface area (Å²) < 4.78 is 44.2. The number of pyridine rings is 1. The number of amides is 1. The molecular weight excluding hydrogens is 405 g/mol. The molecule has 0 bridgehead atoms. The van der Waals surface area contributed by atoms with E-state index in [9.17, 15) is 18.0 Å². The van der Waals surface area contributed by atoms with Gasteiger partial charge in [0.2, 0.25) is 17.6 Å². The molecule has 0 aliphatic carbocycles. The summed E-state index contributed by atoms with van der Waals surface area (Å²) in [4.78, 5) is 20.7. The predicted molar refractivity (Wildman–Crippen MR) is 101 cm³/mol. The van der Waals surface area contributed by atoms with Crippen LogP contribution in [0.25, 0.3) is 11.4 Å². The molecule has 152 valence electrons. The molecule has 2 aromatic heterocycles. The van der Waals surface area contributed by atoms with Gasteiger partial charge < -0.3 is 9.84 Å². The highest BCUT2D eigenvalue weighted by molar-refractivity contribution is 8.00. The Balaban J connectivity index is 1.63. The van der Waals surface area contributed by atoms with Gasteiger partial charge in [-0.05, 0) is 23.8 Å². The third kappa shape index (κ3) is 5.35. The van der Waals surface area contributed by atoms with Crippen molar-refractivity contribution in [3.05, 3.63) is 59.6 Å². The van der Waals surface area contributed by atoms with Crippen LogP contribution in [-0.4, -0.2) is 26.8 Å². The summed E-state index contributed by atoms with van der Waals surface area (Å²) >= 11 is 1.14. The average molecular weight is 422 g/mol. The predicted octanol–water partition coefficient (Wildman–Crippen LogP) is 4.12. The van der Waals surface area contributed by atoms with Crippen molar-refractivity contribution in [1.82, 2.24) is 20.4 Å². The summed E-state index contributed by atoms with van der Waals surface area (Å²) in [6.45, 7) is 1.67. The fourth-order valence-electron chi connectivity index (χ4n) is 2.51. The molecule has 10 heteroatoms. The van der Waals surface area contributed by atoms with Crippen LogP contribution in [0.4, 0.5) is 13.2 Å². The van der Waals surface area contributed by atoms with Gasteiger partial charge in [-0.1, -0.05) is 42.0 Å². The van der Waals surface area contributed by atoms with Crippen LogP contribution in [-0.2, 0) is 23.9 Å². The molecule has 0 atom stereocenters. The van der Waals surface area contributed by atoms with E-state index in [0.29, 0.717) is 28.7 Å². The number of alkyl halides is 3. The highest BCUT2D eigenvalue weighted by Gasteiger charge is 2.32. The first-order chi connectivity index (χ1) is 13.9. The topological polar surface area (TPSA) is 80.9 Å². The van der Waals surface area contributed by atoms with E-state index in [1.54, 1.807) is 18.3 Å². The molecule has 1 aromatic carbocycles. The summed E-state index contributed by atoms with van der Waals surface area (Å²) in [5, 5.41) is 6.95. The van der Waals surface area contributed by atoms with Crippen LogP contribution in [0.2, 0.25) is 0 Å². The Labute approximate surface area is 168 Å². The quantitative estimate of drug-likeness (QED) is 0.577. The van der Waals surface area contributed by atoms with E-state index in [-0.39, 0.29) is 17.9 Å². The smallest absolute Gasteiger partial charge is 0.351 e. The zero-order valence-corrected chi connectivity index (χ0v) is 16.2. The zero-order chi connectivity index (χ0) is 20.9. The standard InChI is InChI=1S/C19H17F3N4O2S/c1-2-16-25-17(26-28-16)13-7-5-9-23-18(13)29-11-15(27)24-10-12-6-3-4-8-14(12)19(20,21)22/h3-9H,2,10-11H2,1H3,(H,24,27). The fraction of sp³-hybridized carbons (Fsp3) is 0.263. The molecule has 0 radical (unpaired) electrons. The minimum absolute atomic E-state index is 0.00997. The molecule has 6 nitrogen and oxygen atoms in total. The number of carbonyl (C=O) groups is 1. The van der Waals surface area contributed by atoms with Gasteiger partial charge in [-0.3, -0.25) is 4.79 Å². The van der Waals surface area contributed by atoms with Crippen LogP contribution in [0.1, 0.15) is 23.9 Å². The van der Waals surface area contributed by atoms with E-state index in [1.165, 1.54) is 18.2 Å². The summed E-state index contributed by atoms with van der Waals surface area (Å²) in [5.41, 5.74) is -0.129. The molecule has 1 amide bonds. The van der Waals surface area contributed by atoms with Crippen molar-refractivity contribution in [2.75, 3.05) is 5.75 Å². The molecular formula is C19H17F3N4O2S. The Bertz CT molecular complexity index is 991. The van der Waals surface area contributed by atoms with Crippen LogP contribution in [0.3, 0.4) is 0 Å². The van der Waals surface area contributed by atoms with Crippen molar-refractivity contribution in [3.63, 3.8) is 0 Å². The highest BCUT2D eigenvalue weighted by Crippen LogP contribution is 2.32. The first-order valence-electron chi connectivity index (χ1n) is 8.71. The lowest BCUT2D eigenvalue weighted by molar-refractivity contribution is -0.138. The highest BCUT2D eigenvalue weighted by atomic mass is 32.2. The Morgan fingerprint density at radius 3 is 2.72 bits per heavy atom. The lowest BCUT2D eigenvalue weighted by Crippen LogP contribution is -2.26. The van der Waals surface area contributed by atoms with Gasteiger partial charge in [-0.25, -0.2) is 4.98 Å². The van der Waals surface area contributed by atoms with Crippen LogP contribution in [0.15, 0.2) is 52.1 Å². The molecule has 29 heavy (non-hydrogen) atoms. The van der Waals surface area contributed by atoms with Crippen LogP contribution >= 0.6 is 11.8 Å². The molecule has 0 unspecified atom stereocenters. The lowest BCUT2D eigenvalue weighted by atomic mass is 10.1. The molecule has 2 heterocycles. The van der Waals surface area contributed by atoms with Crippen molar-refractivity contribution in [2.45, 2.75) is 31.1 Å². The molecule has 1 N–H and O–H groups in total. The number of nitrogens with one attached hydrogen (secondary N) is 1. The Kier molecular flexibility index (Phi) is 6.53. The monoisotopic (exact) mass is 422 g/mol. The van der Waals surface area contributed by atoms with Gasteiger partial charge in [0.05, 0.1) is 16.9 Å². The second-order valence-corrected chi connectivity index (χ2v) is 6.91. The second-order valence-electron chi connectivity index (χ2n) is 5.94. The number of benzene rings is 1. The van der Waals surface area contributed by atoms with Crippen LogP contribution in [0.5, 0.6) is 0 Å². The van der Waals surface area contributed by atoms with Gasteiger partial charge in [0.25, 0.3) is 0 Å². The van der Waals surface area contributed by atoms with E-state index < -0.39 is 17.6 Å². The van der Waals surface area contributed by atoms with Gasteiger partial charge >= 0.3 is 6.18 Å². The van der Waals surface area contributed by atoms with Crippen molar-refractivity contribution < 1.29 is 22.5 Å². The first kappa shape index (κ1) is 20.8. The van der Waals surface area contributed by atoms with Gasteiger partial charge in [0.1, 0.15) is 5.03 Å². The third-order valence-corrected chi connectivity index (χ3v) is 4.93. The maximum Gasteiger partial charge on any atom is 0.416 e. The van der Waals surface area contributed by atoms with E-state index in [4.69, 9.17) is 4.52 Å². The molecule has 3 rings (SSSR count). The number of hydrogen-bond donors (Lipinski definition) is 1. The summed E-state index contributed by atoms with van der Waals surface area (Å²) in [5.74, 6) is 0.431. The van der Waals surface area contributed by atoms with Crippen LogP contribution < -0.4 is 5.32 Å². The average Bonchev–Trinajstić information content (AvgIpc) is 3.19. The Hall–Kier alpha value is -2.88. The second kappa shape index (κ2) is 9.08. The van der Waals surface area contributed by atoms with Gasteiger partial charge in [-0.15, -0.1) is 0 Å². The number of aryl methyl sites for hydroxylation is 1. The van der Waals surface area contributed by atoms with Crippen molar-refractivity contribution in [2.24, 2.45) is 0 Å². The van der Waals surface area contributed by atoms with Crippen LogP contribution in [0, 0.1) is 0 Å². The van der Waals surface area contributed by atoms with E-state index >= 15 is 0 Å². The minimum Gasteiger partial charge on any atom is -0.351 e. The van der Waals surface area contributed by atoms with E-state index in [0.717, 1.165) is 17.8 Å². The third-order valence-electron chi connectivity index (χ3n) is 3.92. The van der Waals surface area contributed by atoms with Crippen molar-refractivity contribution >= 4 is 17.7 Å². The number of nitrogens with zero attached hydrogens (tertiary/aromatic N) is 3. The molecule has 0 fully saturated rings. The maximum absolute atomic E-state index is 13.0. The van der Waals surface area contributed by atoms with Gasteiger partial charge in [-0.2, -0.15) is 18.2 Å². The number of halogens is 3. The normalized spacial score (nSPS) is 11.4. The lowest BCUT2D eigenvalue weighted by Gasteiger charge is -2.13. The summed E-state index contributed by atoms with van der Waals surface area (Å²) in [6.07, 6.45) is -2.30. The minimum atomic E-state index is -4.47. The van der Waals surface area contributed by atoms with Gasteiger partial charge in [0, 0.05) is 19.2 Å². The number of rotatable bonds is 7. The molecule has 3 aromatic rings. The number of carbonyl (C=O) groups excluding carboxylic acids is 1. The fourth-order valence-corrected chi connectivity index (χ4v) is 3.33. The Morgan fingerprint density at radius 1 is 1.21 bits per heavy atom. The van der Waals surface area contributed by atoms with Crippen molar-refractivity contribution in [3.8, 4) is 11.4 Å². The van der Waals surface area contributed by atoms with E-state index in [2.05, 4.69) is 20.4 Å². The zero-order valence-electron chi connectivity index (χ0n) is 15.4. The summed E-state index contributed by atoms with van der Waals surface area (Å²) in [7, 11) is 0. The molecule has 0 aliphatic heterocycles.